The van der Waals surface area contributed by atoms with Crippen LogP contribution in [0.5, 0.6) is 0 Å². The molecule has 0 N–H and O–H groups in total. The summed E-state index contributed by atoms with van der Waals surface area (Å²) in [6.45, 7) is 1.75. The van der Waals surface area contributed by atoms with Gasteiger partial charge in [-0.05, 0) is 36.3 Å². The minimum atomic E-state index is -1.22. The van der Waals surface area contributed by atoms with Crippen molar-refractivity contribution in [2.75, 3.05) is 19.2 Å². The maximum absolute atomic E-state index is 13.1. The quantitative estimate of drug-likeness (QED) is 0.759. The second kappa shape index (κ2) is 6.67. The zero-order chi connectivity index (χ0) is 19.9. The van der Waals surface area contributed by atoms with E-state index in [0.29, 0.717) is 5.82 Å². The molecule has 2 aliphatic heterocycles. The lowest BCUT2D eigenvalue weighted by molar-refractivity contribution is -0.160. The van der Waals surface area contributed by atoms with Crippen LogP contribution in [0.15, 0.2) is 54.9 Å². The SMILES string of the molecule is COC(=O)[C@@H]1N(c2ccccn2)N2C=Cc3ccccc3[C@@H]2[C@]1(C)C(=O)OC. The molecular formula is C21H21N3O4. The van der Waals surface area contributed by atoms with Gasteiger partial charge in [0.2, 0.25) is 0 Å². The lowest BCUT2D eigenvalue weighted by atomic mass is 9.72. The monoisotopic (exact) mass is 379 g/mol. The summed E-state index contributed by atoms with van der Waals surface area (Å²) in [6.07, 6.45) is 5.47. The number of nitrogens with zero attached hydrogens (tertiary/aromatic N) is 3. The van der Waals surface area contributed by atoms with Gasteiger partial charge in [-0.2, -0.15) is 0 Å². The minimum Gasteiger partial charge on any atom is -0.468 e. The van der Waals surface area contributed by atoms with E-state index in [-0.39, 0.29) is 0 Å². The molecule has 3 heterocycles. The number of esters is 2. The molecule has 1 fully saturated rings. The number of rotatable bonds is 3. The summed E-state index contributed by atoms with van der Waals surface area (Å²) in [5, 5.41) is 3.60. The zero-order valence-corrected chi connectivity index (χ0v) is 15.9. The average molecular weight is 379 g/mol. The van der Waals surface area contributed by atoms with Crippen LogP contribution in [-0.2, 0) is 19.1 Å². The van der Waals surface area contributed by atoms with Crippen molar-refractivity contribution in [3.05, 3.63) is 66.0 Å². The summed E-state index contributed by atoms with van der Waals surface area (Å²) in [4.78, 5) is 30.4. The fourth-order valence-corrected chi connectivity index (χ4v) is 4.27. The molecule has 28 heavy (non-hydrogen) atoms. The van der Waals surface area contributed by atoms with E-state index in [9.17, 15) is 9.59 Å². The Morgan fingerprint density at radius 3 is 2.50 bits per heavy atom. The van der Waals surface area contributed by atoms with Crippen LogP contribution in [-0.4, -0.2) is 42.2 Å². The number of hydrogen-bond acceptors (Lipinski definition) is 7. The van der Waals surface area contributed by atoms with E-state index in [1.165, 1.54) is 14.2 Å². The Hall–Kier alpha value is -3.35. The molecule has 2 aliphatic rings. The van der Waals surface area contributed by atoms with Gasteiger partial charge in [-0.1, -0.05) is 30.3 Å². The van der Waals surface area contributed by atoms with Crippen LogP contribution < -0.4 is 5.01 Å². The Morgan fingerprint density at radius 2 is 1.82 bits per heavy atom. The van der Waals surface area contributed by atoms with Crippen molar-refractivity contribution in [1.82, 2.24) is 9.99 Å². The predicted octanol–water partition coefficient (Wildman–Crippen LogP) is 2.57. The van der Waals surface area contributed by atoms with Crippen LogP contribution in [0.3, 0.4) is 0 Å². The number of aromatic nitrogens is 1. The molecule has 0 aliphatic carbocycles. The van der Waals surface area contributed by atoms with Gasteiger partial charge in [-0.15, -0.1) is 0 Å². The Kier molecular flexibility index (Phi) is 4.30. The van der Waals surface area contributed by atoms with E-state index in [1.807, 2.05) is 47.6 Å². The Bertz CT molecular complexity index is 946. The van der Waals surface area contributed by atoms with Gasteiger partial charge in [0, 0.05) is 12.4 Å². The van der Waals surface area contributed by atoms with Crippen molar-refractivity contribution in [2.45, 2.75) is 19.0 Å². The molecule has 0 saturated carbocycles. The molecule has 7 heteroatoms. The Balaban J connectivity index is 1.99. The summed E-state index contributed by atoms with van der Waals surface area (Å²) in [7, 11) is 2.65. The molecule has 2 aromatic rings. The van der Waals surface area contributed by atoms with E-state index in [4.69, 9.17) is 9.47 Å². The van der Waals surface area contributed by atoms with Gasteiger partial charge in [0.15, 0.2) is 6.04 Å². The fraction of sp³-hybridized carbons (Fsp3) is 0.286. The molecule has 1 aromatic carbocycles. The van der Waals surface area contributed by atoms with E-state index >= 15 is 0 Å². The van der Waals surface area contributed by atoms with E-state index < -0.39 is 29.4 Å². The summed E-state index contributed by atoms with van der Waals surface area (Å²) in [6, 6.07) is 11.8. The number of fused-ring (bicyclic) bond motifs is 3. The first kappa shape index (κ1) is 18.0. The molecule has 0 amide bonds. The fourth-order valence-electron chi connectivity index (χ4n) is 4.27. The zero-order valence-electron chi connectivity index (χ0n) is 15.9. The van der Waals surface area contributed by atoms with Gasteiger partial charge in [-0.3, -0.25) is 14.8 Å². The van der Waals surface area contributed by atoms with Crippen molar-refractivity contribution >= 4 is 23.8 Å². The number of methoxy groups -OCH3 is 2. The molecular weight excluding hydrogens is 358 g/mol. The topological polar surface area (TPSA) is 72.0 Å². The predicted molar refractivity (Wildman–Crippen MR) is 103 cm³/mol. The smallest absolute Gasteiger partial charge is 0.331 e. The van der Waals surface area contributed by atoms with Gasteiger partial charge in [0.05, 0.1) is 20.3 Å². The number of carbonyl (C=O) groups is 2. The molecule has 144 valence electrons. The molecule has 0 unspecified atom stereocenters. The van der Waals surface area contributed by atoms with Crippen LogP contribution in [0.25, 0.3) is 6.08 Å². The number of ether oxygens (including phenoxy) is 2. The summed E-state index contributed by atoms with van der Waals surface area (Å²) < 4.78 is 10.3. The van der Waals surface area contributed by atoms with Crippen molar-refractivity contribution in [1.29, 1.82) is 0 Å². The van der Waals surface area contributed by atoms with Crippen LogP contribution in [0, 0.1) is 5.41 Å². The highest BCUT2D eigenvalue weighted by molar-refractivity contribution is 5.92. The van der Waals surface area contributed by atoms with Crippen LogP contribution >= 0.6 is 0 Å². The number of hydrazine groups is 1. The second-order valence-corrected chi connectivity index (χ2v) is 6.96. The molecule has 7 nitrogen and oxygen atoms in total. The van der Waals surface area contributed by atoms with Crippen LogP contribution in [0.1, 0.15) is 24.1 Å². The molecule has 4 rings (SSSR count). The van der Waals surface area contributed by atoms with Gasteiger partial charge >= 0.3 is 11.9 Å². The highest BCUT2D eigenvalue weighted by Gasteiger charge is 2.65. The van der Waals surface area contributed by atoms with Gasteiger partial charge in [-0.25, -0.2) is 9.78 Å². The van der Waals surface area contributed by atoms with Crippen LogP contribution in [0.4, 0.5) is 5.82 Å². The van der Waals surface area contributed by atoms with Gasteiger partial charge in [0.1, 0.15) is 11.2 Å². The Labute approximate surface area is 163 Å². The second-order valence-electron chi connectivity index (χ2n) is 6.96. The van der Waals surface area contributed by atoms with Crippen LogP contribution in [0.2, 0.25) is 0 Å². The third kappa shape index (κ3) is 2.39. The number of benzene rings is 1. The standard InChI is InChI=1S/C21H21N3O4/c1-21(20(26)28-3)17-15-9-5-4-8-14(15)11-13-23(17)24(18(21)19(25)27-2)16-10-6-7-12-22-16/h4-13,17-18H,1-3H3/t17-,18+,21+/m1/s1. The highest BCUT2D eigenvalue weighted by atomic mass is 16.5. The third-order valence-corrected chi connectivity index (χ3v) is 5.53. The van der Waals surface area contributed by atoms with E-state index in [1.54, 1.807) is 30.3 Å². The normalized spacial score (nSPS) is 25.1. The first-order valence-corrected chi connectivity index (χ1v) is 8.96. The number of pyridine rings is 1. The number of hydrogen-bond donors (Lipinski definition) is 0. The molecule has 1 saturated heterocycles. The molecule has 1 aromatic heterocycles. The molecule has 3 atom stereocenters. The van der Waals surface area contributed by atoms with E-state index in [0.717, 1.165) is 11.1 Å². The lowest BCUT2D eigenvalue weighted by Gasteiger charge is -2.36. The molecule has 0 radical (unpaired) electrons. The highest BCUT2D eigenvalue weighted by Crippen LogP contribution is 2.54. The van der Waals surface area contributed by atoms with Gasteiger partial charge < -0.3 is 9.47 Å². The lowest BCUT2D eigenvalue weighted by Crippen LogP contribution is -2.51. The molecule has 0 spiro atoms. The summed E-state index contributed by atoms with van der Waals surface area (Å²) in [5.41, 5.74) is 0.704. The van der Waals surface area contributed by atoms with Gasteiger partial charge in [0.25, 0.3) is 0 Å². The maximum Gasteiger partial charge on any atom is 0.331 e. The number of anilines is 1. The third-order valence-electron chi connectivity index (χ3n) is 5.53. The molecule has 0 bridgehead atoms. The van der Waals surface area contributed by atoms with Crippen molar-refractivity contribution in [3.63, 3.8) is 0 Å². The van der Waals surface area contributed by atoms with E-state index in [2.05, 4.69) is 4.98 Å². The average Bonchev–Trinajstić information content (AvgIpc) is 3.03. The summed E-state index contributed by atoms with van der Waals surface area (Å²) >= 11 is 0. The van der Waals surface area contributed by atoms with Crippen molar-refractivity contribution < 1.29 is 19.1 Å². The first-order chi connectivity index (χ1) is 13.5. The largest absolute Gasteiger partial charge is 0.468 e. The van der Waals surface area contributed by atoms with Crippen molar-refractivity contribution in [2.24, 2.45) is 5.41 Å². The van der Waals surface area contributed by atoms with Crippen molar-refractivity contribution in [3.8, 4) is 0 Å². The first-order valence-electron chi connectivity index (χ1n) is 8.96. The maximum atomic E-state index is 13.1. The number of carbonyl (C=O) groups excluding carboxylic acids is 2. The Morgan fingerprint density at radius 1 is 1.07 bits per heavy atom. The minimum absolute atomic E-state index is 0.452. The summed E-state index contributed by atoms with van der Waals surface area (Å²) in [5.74, 6) is -0.472.